The minimum Gasteiger partial charge on any atom is -0.310 e. The van der Waals surface area contributed by atoms with Gasteiger partial charge in [0.15, 0.2) is 0 Å². The van der Waals surface area contributed by atoms with E-state index in [-0.39, 0.29) is 0 Å². The normalized spacial score (nSPS) is 27.7. The zero-order valence-corrected chi connectivity index (χ0v) is 12.0. The molecule has 1 aliphatic heterocycles. The van der Waals surface area contributed by atoms with Crippen molar-refractivity contribution in [2.75, 3.05) is 26.2 Å². The van der Waals surface area contributed by atoms with Crippen molar-refractivity contribution in [3.05, 3.63) is 0 Å². The number of nitrogens with one attached hydrogen (secondary N) is 1. The average Bonchev–Trinajstić information content (AvgIpc) is 3.16. The molecule has 100 valence electrons. The molecule has 0 radical (unpaired) electrons. The third-order valence-electron chi connectivity index (χ3n) is 5.00. The van der Waals surface area contributed by atoms with E-state index in [1.54, 1.807) is 0 Å². The second-order valence-electron chi connectivity index (χ2n) is 6.32. The van der Waals surface area contributed by atoms with Crippen LogP contribution in [-0.4, -0.2) is 36.6 Å². The molecule has 1 saturated heterocycles. The van der Waals surface area contributed by atoms with E-state index in [1.807, 2.05) is 0 Å². The van der Waals surface area contributed by atoms with Gasteiger partial charge in [-0.1, -0.05) is 20.8 Å². The molecule has 0 spiro atoms. The van der Waals surface area contributed by atoms with Gasteiger partial charge in [0.05, 0.1) is 0 Å². The van der Waals surface area contributed by atoms with Crippen LogP contribution in [0.15, 0.2) is 0 Å². The Hall–Kier alpha value is -0.0800. The van der Waals surface area contributed by atoms with Crippen molar-refractivity contribution >= 4 is 0 Å². The molecule has 0 aromatic heterocycles. The lowest BCUT2D eigenvalue weighted by Gasteiger charge is -2.36. The van der Waals surface area contributed by atoms with E-state index in [1.165, 1.54) is 58.3 Å². The fourth-order valence-electron chi connectivity index (χ4n) is 3.32. The average molecular weight is 238 g/mol. The summed E-state index contributed by atoms with van der Waals surface area (Å²) >= 11 is 0. The van der Waals surface area contributed by atoms with Crippen LogP contribution in [0.2, 0.25) is 0 Å². The summed E-state index contributed by atoms with van der Waals surface area (Å²) in [4.78, 5) is 2.73. The van der Waals surface area contributed by atoms with Gasteiger partial charge in [0.25, 0.3) is 0 Å². The molecule has 0 aromatic carbocycles. The molecule has 2 fully saturated rings. The molecule has 1 unspecified atom stereocenters. The minimum absolute atomic E-state index is 0.389. The van der Waals surface area contributed by atoms with Gasteiger partial charge >= 0.3 is 0 Å². The molecule has 2 nitrogen and oxygen atoms in total. The van der Waals surface area contributed by atoms with Gasteiger partial charge in [-0.25, -0.2) is 0 Å². The summed E-state index contributed by atoms with van der Waals surface area (Å²) in [6, 6.07) is 0. The maximum atomic E-state index is 3.80. The quantitative estimate of drug-likeness (QED) is 0.792. The number of hydrogen-bond acceptors (Lipinski definition) is 2. The van der Waals surface area contributed by atoms with Crippen LogP contribution in [0.4, 0.5) is 0 Å². The molecule has 1 aliphatic carbocycles. The van der Waals surface area contributed by atoms with E-state index >= 15 is 0 Å². The lowest BCUT2D eigenvalue weighted by atomic mass is 9.92. The summed E-state index contributed by atoms with van der Waals surface area (Å²) in [6.07, 6.45) is 6.81. The van der Waals surface area contributed by atoms with Gasteiger partial charge in [-0.15, -0.1) is 0 Å². The first-order valence-electron chi connectivity index (χ1n) is 7.66. The Morgan fingerprint density at radius 1 is 1.29 bits per heavy atom. The van der Waals surface area contributed by atoms with Crippen LogP contribution in [0.25, 0.3) is 0 Å². The highest BCUT2D eigenvalue weighted by Crippen LogP contribution is 2.37. The van der Waals surface area contributed by atoms with E-state index in [9.17, 15) is 0 Å². The molecule has 1 N–H and O–H groups in total. The molecule has 0 amide bonds. The SMILES string of the molecule is CCC1(CC)CN(CC(C)C2CC2)CCCN1. The summed E-state index contributed by atoms with van der Waals surface area (Å²) in [7, 11) is 0. The van der Waals surface area contributed by atoms with E-state index in [2.05, 4.69) is 31.0 Å². The van der Waals surface area contributed by atoms with Crippen LogP contribution < -0.4 is 5.32 Å². The summed E-state index contributed by atoms with van der Waals surface area (Å²) in [6.45, 7) is 12.2. The first-order valence-corrected chi connectivity index (χ1v) is 7.66. The van der Waals surface area contributed by atoms with Gasteiger partial charge in [0, 0.05) is 18.6 Å². The zero-order chi connectivity index (χ0) is 12.3. The van der Waals surface area contributed by atoms with E-state index in [0.717, 1.165) is 11.8 Å². The number of nitrogens with zero attached hydrogens (tertiary/aromatic N) is 1. The number of hydrogen-bond donors (Lipinski definition) is 1. The third-order valence-corrected chi connectivity index (χ3v) is 5.00. The predicted molar refractivity (Wildman–Crippen MR) is 74.3 cm³/mol. The third kappa shape index (κ3) is 3.45. The van der Waals surface area contributed by atoms with Gasteiger partial charge in [0.2, 0.25) is 0 Å². The van der Waals surface area contributed by atoms with Crippen molar-refractivity contribution < 1.29 is 0 Å². The van der Waals surface area contributed by atoms with Crippen LogP contribution in [0.5, 0.6) is 0 Å². The summed E-state index contributed by atoms with van der Waals surface area (Å²) < 4.78 is 0. The second kappa shape index (κ2) is 5.71. The Bertz CT molecular complexity index is 231. The maximum absolute atomic E-state index is 3.80. The van der Waals surface area contributed by atoms with Crippen molar-refractivity contribution in [2.24, 2.45) is 11.8 Å². The Morgan fingerprint density at radius 2 is 2.00 bits per heavy atom. The smallest absolute Gasteiger partial charge is 0.0303 e. The lowest BCUT2D eigenvalue weighted by Crippen LogP contribution is -2.51. The Morgan fingerprint density at radius 3 is 2.59 bits per heavy atom. The summed E-state index contributed by atoms with van der Waals surface area (Å²) in [5.74, 6) is 1.96. The van der Waals surface area contributed by atoms with E-state index in [0.29, 0.717) is 5.54 Å². The first kappa shape index (κ1) is 13.4. The summed E-state index contributed by atoms with van der Waals surface area (Å²) in [5, 5.41) is 3.80. The Balaban J connectivity index is 1.91. The standard InChI is InChI=1S/C15H30N2/c1-4-15(5-2)12-17(10-6-9-16-15)11-13(3)14-7-8-14/h13-14,16H,4-12H2,1-3H3. The molecule has 0 aromatic rings. The molecule has 1 heterocycles. The van der Waals surface area contributed by atoms with Gasteiger partial charge in [-0.2, -0.15) is 0 Å². The molecule has 2 aliphatic rings. The van der Waals surface area contributed by atoms with E-state index < -0.39 is 0 Å². The monoisotopic (exact) mass is 238 g/mol. The zero-order valence-electron chi connectivity index (χ0n) is 12.0. The van der Waals surface area contributed by atoms with Crippen LogP contribution >= 0.6 is 0 Å². The fourth-order valence-corrected chi connectivity index (χ4v) is 3.32. The van der Waals surface area contributed by atoms with Gasteiger partial charge in [-0.3, -0.25) is 0 Å². The molecule has 1 saturated carbocycles. The Kier molecular flexibility index (Phi) is 4.48. The van der Waals surface area contributed by atoms with Crippen LogP contribution in [0.3, 0.4) is 0 Å². The molecule has 17 heavy (non-hydrogen) atoms. The summed E-state index contributed by atoms with van der Waals surface area (Å²) in [5.41, 5.74) is 0.389. The molecule has 1 atom stereocenters. The van der Waals surface area contributed by atoms with Gasteiger partial charge < -0.3 is 10.2 Å². The second-order valence-corrected chi connectivity index (χ2v) is 6.32. The van der Waals surface area contributed by atoms with Crippen molar-refractivity contribution in [3.63, 3.8) is 0 Å². The highest BCUT2D eigenvalue weighted by molar-refractivity contribution is 4.92. The molecule has 2 rings (SSSR count). The minimum atomic E-state index is 0.389. The maximum Gasteiger partial charge on any atom is 0.0303 e. The predicted octanol–water partition coefficient (Wildman–Crippen LogP) is 2.89. The number of rotatable bonds is 5. The van der Waals surface area contributed by atoms with Crippen LogP contribution in [0, 0.1) is 11.8 Å². The van der Waals surface area contributed by atoms with Crippen molar-refractivity contribution in [2.45, 2.75) is 58.4 Å². The highest BCUT2D eigenvalue weighted by Gasteiger charge is 2.33. The highest BCUT2D eigenvalue weighted by atomic mass is 15.2. The van der Waals surface area contributed by atoms with Gasteiger partial charge in [-0.05, 0) is 57.0 Å². The van der Waals surface area contributed by atoms with Gasteiger partial charge in [0.1, 0.15) is 0 Å². The van der Waals surface area contributed by atoms with Crippen molar-refractivity contribution in [1.29, 1.82) is 0 Å². The molecule has 0 bridgehead atoms. The molecular weight excluding hydrogens is 208 g/mol. The van der Waals surface area contributed by atoms with Crippen molar-refractivity contribution in [1.82, 2.24) is 10.2 Å². The fraction of sp³-hybridized carbons (Fsp3) is 1.00. The Labute approximate surface area is 107 Å². The molecular formula is C15H30N2. The van der Waals surface area contributed by atoms with Crippen LogP contribution in [0.1, 0.15) is 52.9 Å². The van der Waals surface area contributed by atoms with Crippen LogP contribution in [-0.2, 0) is 0 Å². The topological polar surface area (TPSA) is 15.3 Å². The largest absolute Gasteiger partial charge is 0.310 e. The van der Waals surface area contributed by atoms with Crippen molar-refractivity contribution in [3.8, 4) is 0 Å². The first-order chi connectivity index (χ1) is 8.19. The lowest BCUT2D eigenvalue weighted by molar-refractivity contribution is 0.172. The van der Waals surface area contributed by atoms with E-state index in [4.69, 9.17) is 0 Å². The molecule has 2 heteroatoms.